The molecule has 1 aromatic carbocycles. The maximum Gasteiger partial charge on any atom is 0.0235 e. The van der Waals surface area contributed by atoms with Crippen molar-refractivity contribution >= 4 is 17.8 Å². The smallest absolute Gasteiger partial charge is 0.0235 e. The van der Waals surface area contributed by atoms with Crippen LogP contribution < -0.4 is 5.32 Å². The number of thioether (sulfide) groups is 1. The SMILES string of the molecule is C1=C\C/C(=C/c2ccccc2)SCCN\C=C/1. The van der Waals surface area contributed by atoms with E-state index in [4.69, 9.17) is 0 Å². The minimum atomic E-state index is 1.02. The molecule has 1 N–H and O–H groups in total. The van der Waals surface area contributed by atoms with Gasteiger partial charge in [-0.2, -0.15) is 0 Å². The van der Waals surface area contributed by atoms with Crippen LogP contribution in [0.25, 0.3) is 6.08 Å². The average Bonchev–Trinajstić information content (AvgIpc) is 2.38. The Labute approximate surface area is 107 Å². The highest BCUT2D eigenvalue weighted by Gasteiger charge is 1.98. The van der Waals surface area contributed by atoms with Gasteiger partial charge in [-0.3, -0.25) is 0 Å². The molecule has 17 heavy (non-hydrogen) atoms. The first-order valence-electron chi connectivity index (χ1n) is 5.88. The molecule has 1 heterocycles. The molecular weight excluding hydrogens is 226 g/mol. The molecule has 0 aromatic heterocycles. The summed E-state index contributed by atoms with van der Waals surface area (Å²) in [6.07, 6.45) is 11.6. The Kier molecular flexibility index (Phi) is 4.98. The molecule has 2 rings (SSSR count). The van der Waals surface area contributed by atoms with Gasteiger partial charge in [0.05, 0.1) is 0 Å². The van der Waals surface area contributed by atoms with Gasteiger partial charge in [-0.1, -0.05) is 42.5 Å². The predicted octanol–water partition coefficient (Wildman–Crippen LogP) is 3.82. The second-order valence-corrected chi connectivity index (χ2v) is 5.04. The van der Waals surface area contributed by atoms with Crippen LogP contribution in [-0.4, -0.2) is 12.3 Å². The summed E-state index contributed by atoms with van der Waals surface area (Å²) in [6.45, 7) is 1.02. The Bertz CT molecular complexity index is 418. The van der Waals surface area contributed by atoms with Crippen LogP contribution in [0.15, 0.2) is 59.7 Å². The van der Waals surface area contributed by atoms with Gasteiger partial charge in [0.1, 0.15) is 0 Å². The van der Waals surface area contributed by atoms with Gasteiger partial charge in [-0.25, -0.2) is 0 Å². The molecule has 1 aliphatic rings. The van der Waals surface area contributed by atoms with Gasteiger partial charge in [0.25, 0.3) is 0 Å². The number of rotatable bonds is 1. The van der Waals surface area contributed by atoms with E-state index in [-0.39, 0.29) is 0 Å². The van der Waals surface area contributed by atoms with Crippen molar-refractivity contribution in [2.24, 2.45) is 0 Å². The van der Waals surface area contributed by atoms with E-state index in [0.29, 0.717) is 0 Å². The number of hydrogen-bond donors (Lipinski definition) is 1. The second kappa shape index (κ2) is 7.02. The van der Waals surface area contributed by atoms with E-state index in [9.17, 15) is 0 Å². The highest BCUT2D eigenvalue weighted by atomic mass is 32.2. The first kappa shape index (κ1) is 12.1. The van der Waals surface area contributed by atoms with Crippen LogP contribution in [0.3, 0.4) is 0 Å². The van der Waals surface area contributed by atoms with Crippen molar-refractivity contribution in [3.05, 3.63) is 65.2 Å². The molecule has 88 valence electrons. The minimum absolute atomic E-state index is 1.02. The first-order chi connectivity index (χ1) is 8.45. The Morgan fingerprint density at radius 2 is 2.00 bits per heavy atom. The highest BCUT2D eigenvalue weighted by Crippen LogP contribution is 2.23. The maximum atomic E-state index is 3.26. The predicted molar refractivity (Wildman–Crippen MR) is 77.8 cm³/mol. The van der Waals surface area contributed by atoms with Gasteiger partial charge in [0.15, 0.2) is 0 Å². The lowest BCUT2D eigenvalue weighted by Crippen LogP contribution is -2.09. The molecule has 0 radical (unpaired) electrons. The second-order valence-electron chi connectivity index (χ2n) is 3.82. The van der Waals surface area contributed by atoms with Gasteiger partial charge in [-0.15, -0.1) is 11.8 Å². The lowest BCUT2D eigenvalue weighted by molar-refractivity contribution is 0.929. The summed E-state index contributed by atoms with van der Waals surface area (Å²) in [5.74, 6) is 1.11. The lowest BCUT2D eigenvalue weighted by atomic mass is 10.2. The van der Waals surface area contributed by atoms with Gasteiger partial charge >= 0.3 is 0 Å². The van der Waals surface area contributed by atoms with E-state index in [1.54, 1.807) is 0 Å². The van der Waals surface area contributed by atoms with Gasteiger partial charge in [0, 0.05) is 12.3 Å². The normalized spacial score (nSPS) is 22.7. The van der Waals surface area contributed by atoms with E-state index >= 15 is 0 Å². The maximum absolute atomic E-state index is 3.26. The van der Waals surface area contributed by atoms with E-state index in [1.165, 1.54) is 10.5 Å². The molecule has 0 amide bonds. The molecular formula is C15H17NS. The van der Waals surface area contributed by atoms with E-state index in [2.05, 4.69) is 60.0 Å². The van der Waals surface area contributed by atoms with Crippen LogP contribution in [-0.2, 0) is 0 Å². The number of allylic oxidation sites excluding steroid dienone is 4. The van der Waals surface area contributed by atoms with Gasteiger partial charge in [-0.05, 0) is 35.2 Å². The topological polar surface area (TPSA) is 12.0 Å². The van der Waals surface area contributed by atoms with Crippen molar-refractivity contribution in [1.82, 2.24) is 5.32 Å². The summed E-state index contributed by atoms with van der Waals surface area (Å²) < 4.78 is 0. The first-order valence-corrected chi connectivity index (χ1v) is 6.87. The van der Waals surface area contributed by atoms with Crippen LogP contribution in [0.1, 0.15) is 12.0 Å². The quantitative estimate of drug-likeness (QED) is 0.804. The fraction of sp³-hybridized carbons (Fsp3) is 0.200. The molecule has 1 aromatic rings. The molecule has 0 bridgehead atoms. The number of hydrogen-bond acceptors (Lipinski definition) is 2. The molecule has 0 unspecified atom stereocenters. The molecule has 0 aliphatic carbocycles. The van der Waals surface area contributed by atoms with Crippen LogP contribution in [0.5, 0.6) is 0 Å². The van der Waals surface area contributed by atoms with Crippen molar-refractivity contribution in [1.29, 1.82) is 0 Å². The zero-order chi connectivity index (χ0) is 11.8. The van der Waals surface area contributed by atoms with Crippen molar-refractivity contribution in [2.45, 2.75) is 6.42 Å². The number of nitrogens with one attached hydrogen (secondary N) is 1. The molecule has 2 heteroatoms. The molecule has 0 spiro atoms. The number of benzene rings is 1. The Morgan fingerprint density at radius 1 is 1.12 bits per heavy atom. The largest absolute Gasteiger partial charge is 0.390 e. The molecule has 1 aliphatic heterocycles. The Morgan fingerprint density at radius 3 is 2.88 bits per heavy atom. The monoisotopic (exact) mass is 243 g/mol. The minimum Gasteiger partial charge on any atom is -0.390 e. The summed E-state index contributed by atoms with van der Waals surface area (Å²) in [4.78, 5) is 1.42. The third-order valence-corrected chi connectivity index (χ3v) is 3.50. The van der Waals surface area contributed by atoms with Crippen molar-refractivity contribution in [3.63, 3.8) is 0 Å². The zero-order valence-corrected chi connectivity index (χ0v) is 10.6. The van der Waals surface area contributed by atoms with E-state index in [1.807, 2.05) is 18.0 Å². The van der Waals surface area contributed by atoms with Crippen molar-refractivity contribution < 1.29 is 0 Å². The summed E-state index contributed by atoms with van der Waals surface area (Å²) in [5, 5.41) is 3.26. The van der Waals surface area contributed by atoms with Crippen LogP contribution >= 0.6 is 11.8 Å². The summed E-state index contributed by atoms with van der Waals surface area (Å²) >= 11 is 1.93. The third kappa shape index (κ3) is 4.53. The summed E-state index contributed by atoms with van der Waals surface area (Å²) in [5.41, 5.74) is 1.28. The van der Waals surface area contributed by atoms with Crippen molar-refractivity contribution in [3.8, 4) is 0 Å². The molecule has 0 atom stereocenters. The molecule has 0 saturated heterocycles. The van der Waals surface area contributed by atoms with E-state index < -0.39 is 0 Å². The van der Waals surface area contributed by atoms with Crippen LogP contribution in [0, 0.1) is 0 Å². The molecule has 1 nitrogen and oxygen atoms in total. The van der Waals surface area contributed by atoms with Crippen molar-refractivity contribution in [2.75, 3.05) is 12.3 Å². The Balaban J connectivity index is 2.09. The fourth-order valence-corrected chi connectivity index (χ4v) is 2.52. The fourth-order valence-electron chi connectivity index (χ4n) is 1.61. The van der Waals surface area contributed by atoms with Crippen LogP contribution in [0.4, 0.5) is 0 Å². The lowest BCUT2D eigenvalue weighted by Gasteiger charge is -2.07. The van der Waals surface area contributed by atoms with Gasteiger partial charge in [0.2, 0.25) is 0 Å². The van der Waals surface area contributed by atoms with Crippen LogP contribution in [0.2, 0.25) is 0 Å². The van der Waals surface area contributed by atoms with Gasteiger partial charge < -0.3 is 5.32 Å². The molecule has 0 fully saturated rings. The van der Waals surface area contributed by atoms with E-state index in [0.717, 1.165) is 18.7 Å². The molecule has 0 saturated carbocycles. The standard InChI is InChI=1S/C15H17NS/c1-3-7-14(8-4-1)13-15-9-5-2-6-10-16-11-12-17-15/h1-8,10,13,16H,9,11-12H2/b5-2-,10-6-,15-13-. The highest BCUT2D eigenvalue weighted by molar-refractivity contribution is 8.03. The average molecular weight is 243 g/mol. The summed E-state index contributed by atoms with van der Waals surface area (Å²) in [6, 6.07) is 10.5. The summed E-state index contributed by atoms with van der Waals surface area (Å²) in [7, 11) is 0. The zero-order valence-electron chi connectivity index (χ0n) is 9.80. The third-order valence-electron chi connectivity index (χ3n) is 2.44. The Hall–Kier alpha value is -1.41.